The van der Waals surface area contributed by atoms with E-state index >= 15 is 0 Å². The van der Waals surface area contributed by atoms with Crippen LogP contribution in [0.4, 0.5) is 0 Å². The van der Waals surface area contributed by atoms with Gasteiger partial charge < -0.3 is 4.74 Å². The summed E-state index contributed by atoms with van der Waals surface area (Å²) in [5.74, 6) is 0. The molecule has 0 amide bonds. The maximum Gasteiger partial charge on any atom is 0.0702 e. The number of hydrogen-bond acceptors (Lipinski definition) is 2. The van der Waals surface area contributed by atoms with Crippen LogP contribution in [0.5, 0.6) is 0 Å². The zero-order chi connectivity index (χ0) is 12.3. The first kappa shape index (κ1) is 13.3. The van der Waals surface area contributed by atoms with Crippen molar-refractivity contribution in [2.24, 2.45) is 0 Å². The van der Waals surface area contributed by atoms with Crippen LogP contribution >= 0.6 is 27.5 Å². The normalized spacial score (nSPS) is 20.1. The molecular weight excluding hydrogens is 302 g/mol. The third-order valence-corrected chi connectivity index (χ3v) is 3.84. The smallest absolute Gasteiger partial charge is 0.0702 e. The van der Waals surface area contributed by atoms with Crippen molar-refractivity contribution in [3.8, 4) is 0 Å². The third kappa shape index (κ3) is 3.95. The van der Waals surface area contributed by atoms with Gasteiger partial charge in [-0.1, -0.05) is 33.6 Å². The topological polar surface area (TPSA) is 12.5 Å². The van der Waals surface area contributed by atoms with Crippen molar-refractivity contribution in [1.29, 1.82) is 0 Å². The second-order valence-electron chi connectivity index (χ2n) is 4.57. The predicted molar refractivity (Wildman–Crippen MR) is 74.5 cm³/mol. The highest BCUT2D eigenvalue weighted by Gasteiger charge is 2.17. The Bertz CT molecular complexity index is 380. The van der Waals surface area contributed by atoms with E-state index in [4.69, 9.17) is 16.3 Å². The first-order valence-electron chi connectivity index (χ1n) is 5.89. The van der Waals surface area contributed by atoms with Gasteiger partial charge in [-0.2, -0.15) is 0 Å². The highest BCUT2D eigenvalue weighted by molar-refractivity contribution is 9.10. The number of benzene rings is 1. The van der Waals surface area contributed by atoms with Crippen molar-refractivity contribution >= 4 is 27.5 Å². The zero-order valence-corrected chi connectivity index (χ0v) is 12.3. The van der Waals surface area contributed by atoms with Crippen LogP contribution < -0.4 is 0 Å². The summed E-state index contributed by atoms with van der Waals surface area (Å²) in [5, 5.41) is 0.818. The monoisotopic (exact) mass is 317 g/mol. The second-order valence-corrected chi connectivity index (χ2v) is 5.89. The Labute approximate surface area is 116 Å². The minimum Gasteiger partial charge on any atom is -0.377 e. The molecule has 1 aromatic carbocycles. The molecule has 1 aromatic rings. The number of halogens is 2. The first-order valence-corrected chi connectivity index (χ1v) is 7.06. The van der Waals surface area contributed by atoms with E-state index in [1.807, 2.05) is 12.1 Å². The summed E-state index contributed by atoms with van der Waals surface area (Å²) in [7, 11) is 2.11. The Kier molecular flexibility index (Phi) is 4.86. The summed E-state index contributed by atoms with van der Waals surface area (Å²) < 4.78 is 6.65. The molecular formula is C13H17BrClNO. The fourth-order valence-electron chi connectivity index (χ4n) is 2.14. The molecule has 0 N–H and O–H groups in total. The van der Waals surface area contributed by atoms with Crippen LogP contribution in [-0.2, 0) is 11.3 Å². The number of hydrogen-bond donors (Lipinski definition) is 0. The van der Waals surface area contributed by atoms with Crippen LogP contribution in [0.3, 0.4) is 0 Å². The summed E-state index contributed by atoms with van der Waals surface area (Å²) in [6, 6.07) is 6.04. The summed E-state index contributed by atoms with van der Waals surface area (Å²) >= 11 is 9.62. The summed E-state index contributed by atoms with van der Waals surface area (Å²) in [6.07, 6.45) is 2.77. The van der Waals surface area contributed by atoms with E-state index in [1.54, 1.807) is 0 Å². The molecule has 0 aromatic heterocycles. The van der Waals surface area contributed by atoms with Gasteiger partial charge >= 0.3 is 0 Å². The Balaban J connectivity index is 1.90. The molecule has 1 unspecified atom stereocenters. The van der Waals surface area contributed by atoms with Gasteiger partial charge in [-0.05, 0) is 37.6 Å². The van der Waals surface area contributed by atoms with Gasteiger partial charge in [0.05, 0.1) is 6.10 Å². The van der Waals surface area contributed by atoms with E-state index < -0.39 is 0 Å². The van der Waals surface area contributed by atoms with Crippen molar-refractivity contribution in [2.45, 2.75) is 25.5 Å². The fraction of sp³-hybridized carbons (Fsp3) is 0.538. The van der Waals surface area contributed by atoms with Crippen molar-refractivity contribution in [3.63, 3.8) is 0 Å². The molecule has 0 saturated carbocycles. The predicted octanol–water partition coefficient (Wildman–Crippen LogP) is 3.71. The molecule has 1 aliphatic heterocycles. The van der Waals surface area contributed by atoms with Crippen LogP contribution in [0.1, 0.15) is 18.4 Å². The highest BCUT2D eigenvalue weighted by Crippen LogP contribution is 2.23. The molecule has 94 valence electrons. The SMILES string of the molecule is CN(Cc1ccc(Br)cc1Cl)CC1CCCO1. The van der Waals surface area contributed by atoms with Crippen LogP contribution in [0.25, 0.3) is 0 Å². The average molecular weight is 319 g/mol. The largest absolute Gasteiger partial charge is 0.377 e. The molecule has 0 radical (unpaired) electrons. The molecule has 0 spiro atoms. The Morgan fingerprint density at radius 3 is 3.00 bits per heavy atom. The van der Waals surface area contributed by atoms with Gasteiger partial charge in [0.25, 0.3) is 0 Å². The van der Waals surface area contributed by atoms with E-state index in [0.717, 1.165) is 34.8 Å². The summed E-state index contributed by atoms with van der Waals surface area (Å²) in [4.78, 5) is 2.27. The van der Waals surface area contributed by atoms with Gasteiger partial charge in [0.2, 0.25) is 0 Å². The molecule has 1 fully saturated rings. The molecule has 0 aliphatic carbocycles. The van der Waals surface area contributed by atoms with Gasteiger partial charge in [0, 0.05) is 29.2 Å². The van der Waals surface area contributed by atoms with E-state index in [2.05, 4.69) is 33.9 Å². The van der Waals surface area contributed by atoms with Crippen LogP contribution in [0, 0.1) is 0 Å². The van der Waals surface area contributed by atoms with Crippen molar-refractivity contribution in [2.75, 3.05) is 20.2 Å². The van der Waals surface area contributed by atoms with Crippen molar-refractivity contribution < 1.29 is 4.74 Å². The van der Waals surface area contributed by atoms with Gasteiger partial charge in [0.15, 0.2) is 0 Å². The van der Waals surface area contributed by atoms with E-state index in [-0.39, 0.29) is 0 Å². The standard InChI is InChI=1S/C13H17BrClNO/c1-16(9-12-3-2-6-17-12)8-10-4-5-11(14)7-13(10)15/h4-5,7,12H,2-3,6,8-9H2,1H3. The molecule has 2 rings (SSSR count). The number of nitrogens with zero attached hydrogens (tertiary/aromatic N) is 1. The molecule has 1 aliphatic rings. The quantitative estimate of drug-likeness (QED) is 0.839. The number of ether oxygens (including phenoxy) is 1. The van der Waals surface area contributed by atoms with Crippen LogP contribution in [0.15, 0.2) is 22.7 Å². The molecule has 2 nitrogen and oxygen atoms in total. The molecule has 17 heavy (non-hydrogen) atoms. The van der Waals surface area contributed by atoms with Crippen molar-refractivity contribution in [1.82, 2.24) is 4.90 Å². The number of likely N-dealkylation sites (N-methyl/N-ethyl adjacent to an activating group) is 1. The minimum absolute atomic E-state index is 0.397. The third-order valence-electron chi connectivity index (χ3n) is 2.99. The van der Waals surface area contributed by atoms with Crippen LogP contribution in [0.2, 0.25) is 5.02 Å². The van der Waals surface area contributed by atoms with Gasteiger partial charge in [-0.3, -0.25) is 4.90 Å². The fourth-order valence-corrected chi connectivity index (χ4v) is 2.87. The first-order chi connectivity index (χ1) is 8.15. The lowest BCUT2D eigenvalue weighted by Crippen LogP contribution is -2.28. The molecule has 4 heteroatoms. The Morgan fingerprint density at radius 1 is 1.53 bits per heavy atom. The highest BCUT2D eigenvalue weighted by atomic mass is 79.9. The second kappa shape index (κ2) is 6.19. The van der Waals surface area contributed by atoms with E-state index in [1.165, 1.54) is 12.8 Å². The van der Waals surface area contributed by atoms with E-state index in [0.29, 0.717) is 6.10 Å². The molecule has 1 heterocycles. The van der Waals surface area contributed by atoms with Gasteiger partial charge in [0.1, 0.15) is 0 Å². The van der Waals surface area contributed by atoms with Gasteiger partial charge in [-0.15, -0.1) is 0 Å². The maximum absolute atomic E-state index is 6.20. The maximum atomic E-state index is 6.20. The molecule has 1 saturated heterocycles. The minimum atomic E-state index is 0.397. The lowest BCUT2D eigenvalue weighted by atomic mass is 10.2. The zero-order valence-electron chi connectivity index (χ0n) is 9.96. The molecule has 1 atom stereocenters. The lowest BCUT2D eigenvalue weighted by Gasteiger charge is -2.21. The van der Waals surface area contributed by atoms with E-state index in [9.17, 15) is 0 Å². The molecule has 0 bridgehead atoms. The Morgan fingerprint density at radius 2 is 2.35 bits per heavy atom. The number of rotatable bonds is 4. The summed E-state index contributed by atoms with van der Waals surface area (Å²) in [5.41, 5.74) is 1.16. The van der Waals surface area contributed by atoms with Gasteiger partial charge in [-0.25, -0.2) is 0 Å². The van der Waals surface area contributed by atoms with Crippen LogP contribution in [-0.4, -0.2) is 31.2 Å². The summed E-state index contributed by atoms with van der Waals surface area (Å²) in [6.45, 7) is 2.76. The van der Waals surface area contributed by atoms with Crippen molar-refractivity contribution in [3.05, 3.63) is 33.3 Å². The Hall–Kier alpha value is -0.0900. The lowest BCUT2D eigenvalue weighted by molar-refractivity contribution is 0.0793. The average Bonchev–Trinajstić information content (AvgIpc) is 2.75.